The monoisotopic (exact) mass is 398 g/mol. The Bertz CT molecular complexity index is 1360. The summed E-state index contributed by atoms with van der Waals surface area (Å²) in [4.78, 5) is 16.7. The summed E-state index contributed by atoms with van der Waals surface area (Å²) in [5, 5.41) is 4.56. The van der Waals surface area contributed by atoms with Crippen molar-refractivity contribution in [3.63, 3.8) is 0 Å². The molecular weight excluding hydrogens is 376 g/mol. The number of fused-ring (bicyclic) bond motifs is 1. The standard InChI is InChI=1S/C24H22N4O2/c1-16-22(24(29)28(27(16)2)17-9-4-3-5-10-17)26-23(21-13-8-14-30-21)19-15-25-20-12-7-6-11-18(19)20/h3-15,23,25-26H,1-2H3. The van der Waals surface area contributed by atoms with E-state index in [4.69, 9.17) is 4.42 Å². The van der Waals surface area contributed by atoms with E-state index in [0.717, 1.165) is 33.6 Å². The molecule has 6 heteroatoms. The number of benzene rings is 2. The average Bonchev–Trinajstić information content (AvgIpc) is 3.49. The summed E-state index contributed by atoms with van der Waals surface area (Å²) in [5.74, 6) is 0.744. The fourth-order valence-corrected chi connectivity index (χ4v) is 3.97. The number of nitrogens with zero attached hydrogens (tertiary/aromatic N) is 2. The number of anilines is 1. The smallest absolute Gasteiger partial charge is 0.295 e. The summed E-state index contributed by atoms with van der Waals surface area (Å²) in [7, 11) is 1.89. The molecule has 2 aromatic carbocycles. The van der Waals surface area contributed by atoms with Crippen LogP contribution >= 0.6 is 0 Å². The Kier molecular flexibility index (Phi) is 4.32. The Morgan fingerprint density at radius 1 is 1.00 bits per heavy atom. The Hall–Kier alpha value is -3.93. The molecule has 0 radical (unpaired) electrons. The van der Waals surface area contributed by atoms with Gasteiger partial charge in [0, 0.05) is 29.7 Å². The summed E-state index contributed by atoms with van der Waals surface area (Å²) in [6.45, 7) is 1.94. The number of para-hydroxylation sites is 2. The second-order valence-corrected chi connectivity index (χ2v) is 7.32. The Labute approximate surface area is 173 Å². The zero-order valence-corrected chi connectivity index (χ0v) is 16.8. The van der Waals surface area contributed by atoms with Crippen molar-refractivity contribution >= 4 is 16.6 Å². The van der Waals surface area contributed by atoms with Crippen molar-refractivity contribution in [3.8, 4) is 5.69 Å². The van der Waals surface area contributed by atoms with Gasteiger partial charge < -0.3 is 14.7 Å². The number of H-pyrrole nitrogens is 1. The second kappa shape index (κ2) is 7.15. The highest BCUT2D eigenvalue weighted by molar-refractivity contribution is 5.84. The molecule has 3 aromatic heterocycles. The first-order valence-electron chi connectivity index (χ1n) is 9.85. The van der Waals surface area contributed by atoms with Crippen LogP contribution in [0.5, 0.6) is 0 Å². The first kappa shape index (κ1) is 18.1. The van der Waals surface area contributed by atoms with E-state index in [1.807, 2.05) is 85.5 Å². The highest BCUT2D eigenvalue weighted by atomic mass is 16.3. The number of hydrogen-bond acceptors (Lipinski definition) is 3. The van der Waals surface area contributed by atoms with Gasteiger partial charge >= 0.3 is 0 Å². The van der Waals surface area contributed by atoms with Gasteiger partial charge in [-0.3, -0.25) is 9.48 Å². The number of aromatic amines is 1. The van der Waals surface area contributed by atoms with Gasteiger partial charge in [-0.25, -0.2) is 4.68 Å². The van der Waals surface area contributed by atoms with Crippen molar-refractivity contribution < 1.29 is 4.42 Å². The van der Waals surface area contributed by atoms with E-state index in [1.54, 1.807) is 10.9 Å². The first-order valence-corrected chi connectivity index (χ1v) is 9.85. The van der Waals surface area contributed by atoms with E-state index >= 15 is 0 Å². The number of aromatic nitrogens is 3. The van der Waals surface area contributed by atoms with Crippen molar-refractivity contribution in [3.05, 3.63) is 107 Å². The minimum atomic E-state index is -0.311. The van der Waals surface area contributed by atoms with Gasteiger partial charge in [0.15, 0.2) is 0 Å². The van der Waals surface area contributed by atoms with Gasteiger partial charge in [0.05, 0.1) is 17.6 Å². The Morgan fingerprint density at radius 3 is 2.53 bits per heavy atom. The van der Waals surface area contributed by atoms with E-state index in [-0.39, 0.29) is 11.6 Å². The molecule has 0 aliphatic heterocycles. The lowest BCUT2D eigenvalue weighted by Crippen LogP contribution is -2.22. The van der Waals surface area contributed by atoms with E-state index < -0.39 is 0 Å². The van der Waals surface area contributed by atoms with Crippen LogP contribution in [0.25, 0.3) is 16.6 Å². The molecule has 2 N–H and O–H groups in total. The Balaban J connectivity index is 1.65. The third kappa shape index (κ3) is 2.85. The van der Waals surface area contributed by atoms with Gasteiger partial charge in [-0.15, -0.1) is 0 Å². The molecule has 150 valence electrons. The third-order valence-corrected chi connectivity index (χ3v) is 5.60. The van der Waals surface area contributed by atoms with Gasteiger partial charge in [-0.05, 0) is 37.3 Å². The fourth-order valence-electron chi connectivity index (χ4n) is 3.97. The molecule has 6 nitrogen and oxygen atoms in total. The highest BCUT2D eigenvalue weighted by Gasteiger charge is 2.25. The summed E-state index contributed by atoms with van der Waals surface area (Å²) in [6.07, 6.45) is 3.62. The van der Waals surface area contributed by atoms with Crippen LogP contribution in [0.1, 0.15) is 23.1 Å². The zero-order chi connectivity index (χ0) is 20.7. The SMILES string of the molecule is Cc1c(NC(c2ccco2)c2c[nH]c3ccccc23)c(=O)n(-c2ccccc2)n1C. The van der Waals surface area contributed by atoms with E-state index in [0.29, 0.717) is 5.69 Å². The second-order valence-electron chi connectivity index (χ2n) is 7.32. The quantitative estimate of drug-likeness (QED) is 0.448. The van der Waals surface area contributed by atoms with Crippen molar-refractivity contribution in [2.45, 2.75) is 13.0 Å². The molecular formula is C24H22N4O2. The number of rotatable bonds is 5. The summed E-state index contributed by atoms with van der Waals surface area (Å²) in [5.41, 5.74) is 4.18. The molecule has 3 heterocycles. The molecule has 0 bridgehead atoms. The molecule has 5 rings (SSSR count). The molecule has 0 fully saturated rings. The molecule has 5 aromatic rings. The Morgan fingerprint density at radius 2 is 1.77 bits per heavy atom. The molecule has 30 heavy (non-hydrogen) atoms. The van der Waals surface area contributed by atoms with Gasteiger partial charge in [0.25, 0.3) is 5.56 Å². The average molecular weight is 398 g/mol. The van der Waals surface area contributed by atoms with Crippen LogP contribution in [0.3, 0.4) is 0 Å². The van der Waals surface area contributed by atoms with E-state index in [1.165, 1.54) is 0 Å². The number of hydrogen-bond donors (Lipinski definition) is 2. The molecule has 0 spiro atoms. The molecule has 1 atom stereocenters. The lowest BCUT2D eigenvalue weighted by Gasteiger charge is -2.17. The summed E-state index contributed by atoms with van der Waals surface area (Å²) in [6, 6.07) is 21.2. The van der Waals surface area contributed by atoms with Crippen LogP contribution in [0.15, 0.2) is 88.4 Å². The summed E-state index contributed by atoms with van der Waals surface area (Å²) >= 11 is 0. The van der Waals surface area contributed by atoms with Crippen molar-refractivity contribution in [2.75, 3.05) is 5.32 Å². The molecule has 1 unspecified atom stereocenters. The summed E-state index contributed by atoms with van der Waals surface area (Å²) < 4.78 is 9.29. The molecule has 0 aliphatic carbocycles. The number of furan rings is 1. The zero-order valence-electron chi connectivity index (χ0n) is 16.8. The maximum Gasteiger partial charge on any atom is 0.295 e. The van der Waals surface area contributed by atoms with Crippen LogP contribution in [-0.2, 0) is 7.05 Å². The topological polar surface area (TPSA) is 67.9 Å². The molecule has 0 aliphatic rings. The van der Waals surface area contributed by atoms with Crippen LogP contribution < -0.4 is 10.9 Å². The fraction of sp³-hybridized carbons (Fsp3) is 0.125. The van der Waals surface area contributed by atoms with Crippen LogP contribution in [0, 0.1) is 6.92 Å². The maximum absolute atomic E-state index is 13.4. The normalized spacial score (nSPS) is 12.3. The molecule has 0 amide bonds. The van der Waals surface area contributed by atoms with Crippen LogP contribution in [0.4, 0.5) is 5.69 Å². The van der Waals surface area contributed by atoms with Crippen molar-refractivity contribution in [1.82, 2.24) is 14.3 Å². The number of nitrogens with one attached hydrogen (secondary N) is 2. The van der Waals surface area contributed by atoms with Gasteiger partial charge in [-0.1, -0.05) is 36.4 Å². The minimum absolute atomic E-state index is 0.0994. The molecule has 0 saturated heterocycles. The van der Waals surface area contributed by atoms with Crippen LogP contribution in [-0.4, -0.2) is 14.3 Å². The third-order valence-electron chi connectivity index (χ3n) is 5.60. The maximum atomic E-state index is 13.4. The highest BCUT2D eigenvalue weighted by Crippen LogP contribution is 2.32. The van der Waals surface area contributed by atoms with Gasteiger partial charge in [0.1, 0.15) is 17.5 Å². The predicted molar refractivity (Wildman–Crippen MR) is 118 cm³/mol. The lowest BCUT2D eigenvalue weighted by molar-refractivity contribution is 0.499. The van der Waals surface area contributed by atoms with Gasteiger partial charge in [-0.2, -0.15) is 0 Å². The van der Waals surface area contributed by atoms with Crippen LogP contribution in [0.2, 0.25) is 0 Å². The lowest BCUT2D eigenvalue weighted by atomic mass is 10.0. The van der Waals surface area contributed by atoms with Gasteiger partial charge in [0.2, 0.25) is 0 Å². The predicted octanol–water partition coefficient (Wildman–Crippen LogP) is 4.76. The van der Waals surface area contributed by atoms with E-state index in [2.05, 4.69) is 16.4 Å². The minimum Gasteiger partial charge on any atom is -0.467 e. The van der Waals surface area contributed by atoms with Crippen molar-refractivity contribution in [2.24, 2.45) is 7.05 Å². The largest absolute Gasteiger partial charge is 0.467 e. The first-order chi connectivity index (χ1) is 14.6. The van der Waals surface area contributed by atoms with Crippen molar-refractivity contribution in [1.29, 1.82) is 0 Å². The van der Waals surface area contributed by atoms with E-state index in [9.17, 15) is 4.79 Å². The molecule has 0 saturated carbocycles.